The van der Waals surface area contributed by atoms with Gasteiger partial charge in [-0.25, -0.2) is 4.79 Å². The molecule has 23 heavy (non-hydrogen) atoms. The number of aliphatic hydroxyl groups is 2. The molecule has 0 aromatic carbocycles. The molecule has 0 aromatic rings. The minimum Gasteiger partial charge on any atom is -0.480 e. The highest BCUT2D eigenvalue weighted by Crippen LogP contribution is 2.18. The maximum atomic E-state index is 11.6. The third kappa shape index (κ3) is 3.82. The van der Waals surface area contributed by atoms with Gasteiger partial charge >= 0.3 is 17.9 Å². The molecule has 0 amide bonds. The molecule has 4 unspecified atom stereocenters. The number of carbonyl (C=O) groups excluding carboxylic acids is 3. The standard InChI is InChI=1S/C12H16N2O9/c15-7(11(20)22-10(19)5-1-3-13-5)8(16)12(21)23-14-4-2-6(14)9(17)18/h5-7,11,13,15,20H,1-4H2,(H,17,18). The van der Waals surface area contributed by atoms with Crippen LogP contribution >= 0.6 is 0 Å². The Labute approximate surface area is 129 Å². The second kappa shape index (κ2) is 7.00. The predicted molar refractivity (Wildman–Crippen MR) is 68.4 cm³/mol. The number of aliphatic carboxylic acids is 1. The fourth-order valence-electron chi connectivity index (χ4n) is 1.88. The van der Waals surface area contributed by atoms with Crippen molar-refractivity contribution in [1.82, 2.24) is 10.4 Å². The number of carboxylic acids is 1. The maximum absolute atomic E-state index is 11.6. The quantitative estimate of drug-likeness (QED) is 0.210. The van der Waals surface area contributed by atoms with E-state index >= 15 is 0 Å². The lowest BCUT2D eigenvalue weighted by Gasteiger charge is -2.35. The van der Waals surface area contributed by atoms with Crippen LogP contribution in [0.25, 0.3) is 0 Å². The Morgan fingerprint density at radius 2 is 1.83 bits per heavy atom. The molecule has 11 nitrogen and oxygen atoms in total. The lowest BCUT2D eigenvalue weighted by molar-refractivity contribution is -0.233. The van der Waals surface area contributed by atoms with Crippen molar-refractivity contribution in [3.63, 3.8) is 0 Å². The molecule has 2 heterocycles. The molecule has 4 atom stereocenters. The predicted octanol–water partition coefficient (Wildman–Crippen LogP) is -3.24. The molecular formula is C12H16N2O9. The van der Waals surface area contributed by atoms with Crippen molar-refractivity contribution >= 4 is 23.7 Å². The number of hydrogen-bond acceptors (Lipinski definition) is 10. The molecule has 0 aromatic heterocycles. The number of ketones is 1. The molecule has 2 rings (SSSR count). The van der Waals surface area contributed by atoms with Crippen LogP contribution in [-0.4, -0.2) is 81.6 Å². The Morgan fingerprint density at radius 3 is 2.26 bits per heavy atom. The van der Waals surface area contributed by atoms with Crippen LogP contribution in [0.5, 0.6) is 0 Å². The minimum atomic E-state index is -2.32. The summed E-state index contributed by atoms with van der Waals surface area (Å²) >= 11 is 0. The molecular weight excluding hydrogens is 316 g/mol. The van der Waals surface area contributed by atoms with E-state index in [0.717, 1.165) is 5.06 Å². The molecule has 4 N–H and O–H groups in total. The van der Waals surface area contributed by atoms with Gasteiger partial charge in [0, 0.05) is 6.54 Å². The van der Waals surface area contributed by atoms with Crippen LogP contribution in [0.2, 0.25) is 0 Å². The molecule has 128 valence electrons. The van der Waals surface area contributed by atoms with Gasteiger partial charge in [0.15, 0.2) is 6.10 Å². The summed E-state index contributed by atoms with van der Waals surface area (Å²) in [4.78, 5) is 49.8. The van der Waals surface area contributed by atoms with Crippen molar-refractivity contribution in [2.75, 3.05) is 13.1 Å². The highest BCUT2D eigenvalue weighted by molar-refractivity contribution is 6.35. The minimum absolute atomic E-state index is 0.122. The maximum Gasteiger partial charge on any atom is 0.396 e. The van der Waals surface area contributed by atoms with E-state index < -0.39 is 48.2 Å². The lowest BCUT2D eigenvalue weighted by atomic mass is 10.1. The molecule has 2 aliphatic heterocycles. The van der Waals surface area contributed by atoms with Gasteiger partial charge < -0.3 is 30.2 Å². The van der Waals surface area contributed by atoms with Crippen LogP contribution in [0, 0.1) is 0 Å². The van der Waals surface area contributed by atoms with E-state index in [4.69, 9.17) is 5.11 Å². The molecule has 0 saturated carbocycles. The summed E-state index contributed by atoms with van der Waals surface area (Å²) in [5, 5.41) is 31.2. The Hall–Kier alpha value is -2.08. The number of nitrogens with one attached hydrogen (secondary N) is 1. The van der Waals surface area contributed by atoms with Gasteiger partial charge in [0.05, 0.1) is 0 Å². The summed E-state index contributed by atoms with van der Waals surface area (Å²) in [6.45, 7) is 0.723. The number of ether oxygens (including phenoxy) is 1. The second-order valence-electron chi connectivity index (χ2n) is 5.09. The number of aliphatic hydroxyl groups excluding tert-OH is 2. The van der Waals surface area contributed by atoms with Crippen molar-refractivity contribution < 1.29 is 44.1 Å². The van der Waals surface area contributed by atoms with Gasteiger partial charge in [-0.3, -0.25) is 14.4 Å². The Morgan fingerprint density at radius 1 is 1.17 bits per heavy atom. The average Bonchev–Trinajstić information content (AvgIpc) is 2.38. The van der Waals surface area contributed by atoms with Gasteiger partial charge in [0.25, 0.3) is 5.78 Å². The summed E-state index contributed by atoms with van der Waals surface area (Å²) in [5.74, 6) is -5.19. The number of Topliss-reactive ketones (excluding diaryl/α,β-unsaturated/α-hetero) is 1. The summed E-state index contributed by atoms with van der Waals surface area (Å²) in [6, 6.07) is -1.69. The smallest absolute Gasteiger partial charge is 0.396 e. The molecule has 11 heteroatoms. The Balaban J connectivity index is 1.81. The zero-order valence-electron chi connectivity index (χ0n) is 11.9. The van der Waals surface area contributed by atoms with Crippen molar-refractivity contribution in [3.8, 4) is 0 Å². The van der Waals surface area contributed by atoms with Crippen molar-refractivity contribution in [2.45, 2.75) is 37.3 Å². The average molecular weight is 332 g/mol. The Bertz CT molecular complexity index is 519. The van der Waals surface area contributed by atoms with Crippen LogP contribution in [0.1, 0.15) is 12.8 Å². The SMILES string of the molecule is O=C(ON1CCC1C(=O)O)C(=O)C(O)C(O)OC(=O)C1CCN1. The number of hydroxylamine groups is 2. The van der Waals surface area contributed by atoms with Gasteiger partial charge in [-0.1, -0.05) is 0 Å². The zero-order chi connectivity index (χ0) is 17.1. The molecule has 2 fully saturated rings. The van der Waals surface area contributed by atoms with Crippen LogP contribution in [-0.2, 0) is 28.8 Å². The number of carbonyl (C=O) groups is 4. The van der Waals surface area contributed by atoms with E-state index in [-0.39, 0.29) is 13.0 Å². The largest absolute Gasteiger partial charge is 0.480 e. The van der Waals surface area contributed by atoms with E-state index in [9.17, 15) is 29.4 Å². The second-order valence-corrected chi connectivity index (χ2v) is 5.09. The first-order valence-corrected chi connectivity index (χ1v) is 6.87. The van der Waals surface area contributed by atoms with Crippen LogP contribution in [0.15, 0.2) is 0 Å². The summed E-state index contributed by atoms with van der Waals surface area (Å²) in [5.41, 5.74) is 0. The normalized spacial score (nSPS) is 26.2. The first-order chi connectivity index (χ1) is 10.8. The lowest BCUT2D eigenvalue weighted by Crippen LogP contribution is -2.55. The third-order valence-electron chi connectivity index (χ3n) is 3.54. The summed E-state index contributed by atoms with van der Waals surface area (Å²) < 4.78 is 4.46. The highest BCUT2D eigenvalue weighted by atomic mass is 16.7. The van der Waals surface area contributed by atoms with Crippen LogP contribution in [0.3, 0.4) is 0 Å². The van der Waals surface area contributed by atoms with Gasteiger partial charge in [-0.05, 0) is 19.4 Å². The van der Waals surface area contributed by atoms with E-state index in [0.29, 0.717) is 13.0 Å². The molecule has 0 bridgehead atoms. The fourth-order valence-corrected chi connectivity index (χ4v) is 1.88. The molecule has 2 saturated heterocycles. The molecule has 0 radical (unpaired) electrons. The molecule has 2 aliphatic rings. The van der Waals surface area contributed by atoms with Crippen molar-refractivity contribution in [2.24, 2.45) is 0 Å². The monoisotopic (exact) mass is 332 g/mol. The molecule has 0 spiro atoms. The van der Waals surface area contributed by atoms with Gasteiger partial charge in [-0.2, -0.15) is 0 Å². The van der Waals surface area contributed by atoms with Crippen molar-refractivity contribution in [1.29, 1.82) is 0 Å². The number of hydrogen-bond donors (Lipinski definition) is 4. The van der Waals surface area contributed by atoms with Gasteiger partial charge in [0.1, 0.15) is 12.1 Å². The number of carboxylic acid groups (broad SMARTS) is 1. The van der Waals surface area contributed by atoms with Crippen molar-refractivity contribution in [3.05, 3.63) is 0 Å². The summed E-state index contributed by atoms with van der Waals surface area (Å²) in [7, 11) is 0. The van der Waals surface area contributed by atoms with E-state index in [2.05, 4.69) is 14.9 Å². The molecule has 0 aliphatic carbocycles. The number of esters is 1. The van der Waals surface area contributed by atoms with E-state index in [1.807, 2.05) is 0 Å². The van der Waals surface area contributed by atoms with E-state index in [1.165, 1.54) is 0 Å². The van der Waals surface area contributed by atoms with Gasteiger partial charge in [0.2, 0.25) is 6.29 Å². The first kappa shape index (κ1) is 17.3. The first-order valence-electron chi connectivity index (χ1n) is 6.87. The van der Waals surface area contributed by atoms with Crippen LogP contribution < -0.4 is 5.32 Å². The Kier molecular flexibility index (Phi) is 5.26. The van der Waals surface area contributed by atoms with Crippen LogP contribution in [0.4, 0.5) is 0 Å². The number of rotatable bonds is 7. The topological polar surface area (TPSA) is 163 Å². The third-order valence-corrected chi connectivity index (χ3v) is 3.54. The number of nitrogens with zero attached hydrogens (tertiary/aromatic N) is 1. The fraction of sp³-hybridized carbons (Fsp3) is 0.667. The highest BCUT2D eigenvalue weighted by Gasteiger charge is 2.41. The van der Waals surface area contributed by atoms with E-state index in [1.54, 1.807) is 0 Å². The summed E-state index contributed by atoms with van der Waals surface area (Å²) in [6.07, 6.45) is -3.82. The van der Waals surface area contributed by atoms with Gasteiger partial charge in [-0.15, -0.1) is 5.06 Å². The zero-order valence-corrected chi connectivity index (χ0v) is 11.9.